The van der Waals surface area contributed by atoms with Gasteiger partial charge in [-0.25, -0.2) is 4.98 Å². The molecule has 154 valence electrons. The third-order valence-electron chi connectivity index (χ3n) is 3.83. The van der Waals surface area contributed by atoms with Crippen LogP contribution >= 0.6 is 11.3 Å². The lowest BCUT2D eigenvalue weighted by Gasteiger charge is -2.13. The number of thiazole rings is 1. The second-order valence-corrected chi connectivity index (χ2v) is 6.89. The highest BCUT2D eigenvalue weighted by molar-refractivity contribution is 7.09. The lowest BCUT2D eigenvalue weighted by Crippen LogP contribution is -2.38. The molecule has 0 spiro atoms. The average molecular weight is 413 g/mol. The highest BCUT2D eigenvalue weighted by atomic mass is 32.1. The van der Waals surface area contributed by atoms with Crippen molar-refractivity contribution in [3.63, 3.8) is 0 Å². The Bertz CT molecular complexity index is 738. The van der Waals surface area contributed by atoms with Crippen LogP contribution in [-0.4, -0.2) is 42.3 Å². The Morgan fingerprint density at radius 2 is 2.00 bits per heavy atom. The highest BCUT2D eigenvalue weighted by Gasteiger charge is 2.10. The number of aryl methyl sites for hydroxylation is 1. The Hall–Kier alpha value is -2.26. The number of aliphatic hydroxyl groups is 1. The van der Waals surface area contributed by atoms with E-state index in [-0.39, 0.29) is 12.3 Å². The van der Waals surface area contributed by atoms with Crippen LogP contribution in [-0.2, 0) is 12.8 Å². The second-order valence-electron chi connectivity index (χ2n) is 5.95. The van der Waals surface area contributed by atoms with E-state index in [1.54, 1.807) is 23.5 Å². The van der Waals surface area contributed by atoms with E-state index in [2.05, 4.69) is 37.7 Å². The first-order valence-electron chi connectivity index (χ1n) is 9.20. The topological polar surface area (TPSA) is 78.8 Å². The van der Waals surface area contributed by atoms with E-state index < -0.39 is 12.7 Å². The summed E-state index contributed by atoms with van der Waals surface area (Å²) in [6.07, 6.45) is 0.881. The first-order valence-corrected chi connectivity index (χ1v) is 10.1. The summed E-state index contributed by atoms with van der Waals surface area (Å²) in [5.41, 5.74) is 1.63. The number of guanidine groups is 1. The van der Waals surface area contributed by atoms with E-state index in [1.165, 1.54) is 12.1 Å². The summed E-state index contributed by atoms with van der Waals surface area (Å²) in [4.78, 5) is 8.92. The summed E-state index contributed by atoms with van der Waals surface area (Å²) >= 11 is 1.67. The van der Waals surface area contributed by atoms with Crippen molar-refractivity contribution in [1.82, 2.24) is 15.6 Å². The number of alkyl halides is 2. The van der Waals surface area contributed by atoms with Crippen molar-refractivity contribution in [3.05, 3.63) is 45.9 Å². The van der Waals surface area contributed by atoms with Gasteiger partial charge in [0.05, 0.1) is 23.4 Å². The quantitative estimate of drug-likeness (QED) is 0.413. The van der Waals surface area contributed by atoms with E-state index in [0.29, 0.717) is 24.6 Å². The molecule has 0 aliphatic rings. The van der Waals surface area contributed by atoms with Gasteiger partial charge in [-0.15, -0.1) is 11.3 Å². The van der Waals surface area contributed by atoms with E-state index in [1.807, 2.05) is 6.92 Å². The van der Waals surface area contributed by atoms with Gasteiger partial charge >= 0.3 is 6.61 Å². The Kier molecular flexibility index (Phi) is 9.09. The molecule has 0 aliphatic carbocycles. The molecule has 0 radical (unpaired) electrons. The predicted octanol–water partition coefficient (Wildman–Crippen LogP) is 3.14. The first-order chi connectivity index (χ1) is 13.5. The van der Waals surface area contributed by atoms with Crippen molar-refractivity contribution >= 4 is 17.3 Å². The predicted molar refractivity (Wildman–Crippen MR) is 107 cm³/mol. The van der Waals surface area contributed by atoms with Gasteiger partial charge in [-0.05, 0) is 31.0 Å². The molecule has 1 aromatic carbocycles. The SMILES string of the molecule is CCNC(=NCC(O)c1ccc(OC(F)F)cc1)NCCc1csc(CC)n1. The molecule has 2 rings (SSSR count). The molecule has 0 bridgehead atoms. The molecule has 9 heteroatoms. The molecule has 3 N–H and O–H groups in total. The zero-order chi connectivity index (χ0) is 20.4. The van der Waals surface area contributed by atoms with Crippen LogP contribution in [0.1, 0.15) is 36.2 Å². The molecule has 1 heterocycles. The lowest BCUT2D eigenvalue weighted by atomic mass is 10.1. The number of hydrogen-bond acceptors (Lipinski definition) is 5. The summed E-state index contributed by atoms with van der Waals surface area (Å²) < 4.78 is 28.7. The number of aliphatic hydroxyl groups excluding tert-OH is 1. The molecule has 6 nitrogen and oxygen atoms in total. The second kappa shape index (κ2) is 11.6. The number of benzene rings is 1. The molecule has 2 aromatic rings. The minimum absolute atomic E-state index is 0.0535. The van der Waals surface area contributed by atoms with Crippen LogP contribution in [0.2, 0.25) is 0 Å². The Morgan fingerprint density at radius 3 is 2.61 bits per heavy atom. The van der Waals surface area contributed by atoms with Gasteiger partial charge in [-0.2, -0.15) is 8.78 Å². The maximum atomic E-state index is 12.2. The number of ether oxygens (including phenoxy) is 1. The Balaban J connectivity index is 1.86. The summed E-state index contributed by atoms with van der Waals surface area (Å²) in [5, 5.41) is 19.8. The van der Waals surface area contributed by atoms with Gasteiger partial charge in [0, 0.05) is 24.9 Å². The fourth-order valence-corrected chi connectivity index (χ4v) is 3.21. The van der Waals surface area contributed by atoms with Crippen molar-refractivity contribution in [2.75, 3.05) is 19.6 Å². The lowest BCUT2D eigenvalue weighted by molar-refractivity contribution is -0.0498. The van der Waals surface area contributed by atoms with E-state index >= 15 is 0 Å². The van der Waals surface area contributed by atoms with Gasteiger partial charge < -0.3 is 20.5 Å². The fourth-order valence-electron chi connectivity index (χ4n) is 2.43. The minimum Gasteiger partial charge on any atom is -0.435 e. The van der Waals surface area contributed by atoms with Gasteiger partial charge in [0.15, 0.2) is 5.96 Å². The Labute approximate surface area is 167 Å². The molecular formula is C19H26F2N4O2S. The molecule has 1 unspecified atom stereocenters. The average Bonchev–Trinajstić information content (AvgIpc) is 3.14. The molecule has 0 fully saturated rings. The zero-order valence-electron chi connectivity index (χ0n) is 16.0. The largest absolute Gasteiger partial charge is 0.435 e. The number of aliphatic imine (C=N–C) groups is 1. The van der Waals surface area contributed by atoms with Gasteiger partial charge in [0.2, 0.25) is 0 Å². The van der Waals surface area contributed by atoms with Crippen LogP contribution in [0.25, 0.3) is 0 Å². The van der Waals surface area contributed by atoms with Crippen molar-refractivity contribution in [2.24, 2.45) is 4.99 Å². The molecule has 0 aliphatic heterocycles. The van der Waals surface area contributed by atoms with Crippen LogP contribution in [0.4, 0.5) is 8.78 Å². The summed E-state index contributed by atoms with van der Waals surface area (Å²) in [5.74, 6) is 0.655. The summed E-state index contributed by atoms with van der Waals surface area (Å²) in [6, 6.07) is 5.89. The Morgan fingerprint density at radius 1 is 1.25 bits per heavy atom. The molecule has 0 saturated heterocycles. The van der Waals surface area contributed by atoms with Crippen molar-refractivity contribution in [2.45, 2.75) is 39.4 Å². The molecule has 0 amide bonds. The number of halogens is 2. The van der Waals surface area contributed by atoms with Crippen LogP contribution in [0.5, 0.6) is 5.75 Å². The van der Waals surface area contributed by atoms with E-state index in [9.17, 15) is 13.9 Å². The van der Waals surface area contributed by atoms with Crippen molar-refractivity contribution in [1.29, 1.82) is 0 Å². The fraction of sp³-hybridized carbons (Fsp3) is 0.474. The third-order valence-corrected chi connectivity index (χ3v) is 4.87. The molecule has 28 heavy (non-hydrogen) atoms. The molecule has 1 aromatic heterocycles. The van der Waals surface area contributed by atoms with Gasteiger partial charge in [0.25, 0.3) is 0 Å². The number of hydrogen-bond donors (Lipinski definition) is 3. The third kappa shape index (κ3) is 7.40. The van der Waals surface area contributed by atoms with Crippen molar-refractivity contribution < 1.29 is 18.6 Å². The highest BCUT2D eigenvalue weighted by Crippen LogP contribution is 2.19. The number of nitrogens with zero attached hydrogens (tertiary/aromatic N) is 2. The molecule has 0 saturated carbocycles. The van der Waals surface area contributed by atoms with Gasteiger partial charge in [-0.3, -0.25) is 4.99 Å². The van der Waals surface area contributed by atoms with Crippen LogP contribution in [0, 0.1) is 0 Å². The van der Waals surface area contributed by atoms with Gasteiger partial charge in [-0.1, -0.05) is 19.1 Å². The zero-order valence-corrected chi connectivity index (χ0v) is 16.8. The standard InChI is InChI=1S/C19H26F2N4O2S/c1-3-17-25-14(12-28-17)9-10-23-19(22-4-2)24-11-16(26)13-5-7-15(8-6-13)27-18(20)21/h5-8,12,16,18,26H,3-4,9-11H2,1-2H3,(H2,22,23,24). The van der Waals surface area contributed by atoms with Crippen molar-refractivity contribution in [3.8, 4) is 5.75 Å². The number of rotatable bonds is 10. The van der Waals surface area contributed by atoms with E-state index in [0.717, 1.165) is 23.5 Å². The summed E-state index contributed by atoms with van der Waals surface area (Å²) in [6.45, 7) is 2.69. The maximum absolute atomic E-state index is 12.2. The normalized spacial score (nSPS) is 12.9. The molecule has 1 atom stereocenters. The molecular weight excluding hydrogens is 386 g/mol. The first kappa shape index (κ1) is 22.0. The summed E-state index contributed by atoms with van der Waals surface area (Å²) in [7, 11) is 0. The van der Waals surface area contributed by atoms with Crippen LogP contribution in [0.3, 0.4) is 0 Å². The van der Waals surface area contributed by atoms with Gasteiger partial charge in [0.1, 0.15) is 5.75 Å². The smallest absolute Gasteiger partial charge is 0.387 e. The maximum Gasteiger partial charge on any atom is 0.387 e. The van der Waals surface area contributed by atoms with Crippen LogP contribution < -0.4 is 15.4 Å². The number of aromatic nitrogens is 1. The monoisotopic (exact) mass is 412 g/mol. The minimum atomic E-state index is -2.87. The van der Waals surface area contributed by atoms with Crippen LogP contribution in [0.15, 0.2) is 34.6 Å². The van der Waals surface area contributed by atoms with E-state index in [4.69, 9.17) is 0 Å². The number of nitrogens with one attached hydrogen (secondary N) is 2.